The number of hydrogen-bond donors (Lipinski definition) is 1. The van der Waals surface area contributed by atoms with Gasteiger partial charge in [-0.15, -0.1) is 11.8 Å². The summed E-state index contributed by atoms with van der Waals surface area (Å²) >= 11 is 1.71. The number of carboxylic acid groups (broad SMARTS) is 1. The average molecular weight is 241 g/mol. The van der Waals surface area contributed by atoms with E-state index in [0.717, 1.165) is 19.3 Å². The zero-order valence-electron chi connectivity index (χ0n) is 9.02. The standard InChI is InChI=1S/C11H15NO3S/c13-9-5-7-3-1-2-4-11(7)12(9)8(6-16-11)10(14)15/h7-8H,1-6H2,(H,14,15)/t7-,8-,11-/m0/s1. The fourth-order valence-corrected chi connectivity index (χ4v) is 5.31. The molecule has 0 bridgehead atoms. The zero-order valence-corrected chi connectivity index (χ0v) is 9.83. The van der Waals surface area contributed by atoms with Gasteiger partial charge in [-0.25, -0.2) is 4.79 Å². The first-order valence-corrected chi connectivity index (χ1v) is 6.82. The molecule has 2 aliphatic heterocycles. The van der Waals surface area contributed by atoms with Gasteiger partial charge in [0.05, 0.1) is 4.87 Å². The highest BCUT2D eigenvalue weighted by Crippen LogP contribution is 2.57. The third-order valence-electron chi connectivity index (χ3n) is 4.16. The Balaban J connectivity index is 1.98. The van der Waals surface area contributed by atoms with Crippen molar-refractivity contribution in [3.8, 4) is 0 Å². The highest BCUT2D eigenvalue weighted by molar-refractivity contribution is 8.01. The molecule has 2 heterocycles. The molecule has 0 aromatic heterocycles. The van der Waals surface area contributed by atoms with E-state index in [4.69, 9.17) is 5.11 Å². The van der Waals surface area contributed by atoms with Crippen LogP contribution in [0.3, 0.4) is 0 Å². The minimum absolute atomic E-state index is 0.0595. The van der Waals surface area contributed by atoms with Crippen molar-refractivity contribution in [3.63, 3.8) is 0 Å². The van der Waals surface area contributed by atoms with Crippen molar-refractivity contribution in [2.24, 2.45) is 5.92 Å². The van der Waals surface area contributed by atoms with Gasteiger partial charge >= 0.3 is 5.97 Å². The minimum atomic E-state index is -0.844. The van der Waals surface area contributed by atoms with E-state index in [1.165, 1.54) is 6.42 Å². The van der Waals surface area contributed by atoms with Crippen molar-refractivity contribution < 1.29 is 14.7 Å². The zero-order chi connectivity index (χ0) is 11.3. The third kappa shape index (κ3) is 1.18. The molecular formula is C11H15NO3S. The second kappa shape index (κ2) is 3.39. The lowest BCUT2D eigenvalue weighted by Gasteiger charge is -2.40. The molecule has 3 aliphatic rings. The van der Waals surface area contributed by atoms with E-state index in [1.54, 1.807) is 16.7 Å². The second-order valence-electron chi connectivity index (χ2n) is 4.92. The van der Waals surface area contributed by atoms with Crippen LogP contribution in [0.5, 0.6) is 0 Å². The van der Waals surface area contributed by atoms with Gasteiger partial charge in [0.25, 0.3) is 0 Å². The van der Waals surface area contributed by atoms with Crippen LogP contribution in [0.1, 0.15) is 32.1 Å². The van der Waals surface area contributed by atoms with Crippen LogP contribution in [0.4, 0.5) is 0 Å². The van der Waals surface area contributed by atoms with Gasteiger partial charge in [-0.1, -0.05) is 12.8 Å². The molecule has 1 aliphatic carbocycles. The van der Waals surface area contributed by atoms with Crippen molar-refractivity contribution in [2.45, 2.75) is 43.0 Å². The van der Waals surface area contributed by atoms with Gasteiger partial charge in [-0.3, -0.25) is 4.79 Å². The molecule has 3 fully saturated rings. The largest absolute Gasteiger partial charge is 0.480 e. The maximum Gasteiger partial charge on any atom is 0.327 e. The van der Waals surface area contributed by atoms with Crippen molar-refractivity contribution >= 4 is 23.6 Å². The first kappa shape index (κ1) is 10.4. The van der Waals surface area contributed by atoms with Crippen molar-refractivity contribution in [3.05, 3.63) is 0 Å². The van der Waals surface area contributed by atoms with Crippen molar-refractivity contribution in [2.75, 3.05) is 5.75 Å². The maximum absolute atomic E-state index is 12.0. The van der Waals surface area contributed by atoms with Crippen LogP contribution >= 0.6 is 11.8 Å². The fraction of sp³-hybridized carbons (Fsp3) is 0.818. The monoisotopic (exact) mass is 241 g/mol. The van der Waals surface area contributed by atoms with Gasteiger partial charge in [-0.2, -0.15) is 0 Å². The summed E-state index contributed by atoms with van der Waals surface area (Å²) in [4.78, 5) is 24.7. The predicted octanol–water partition coefficient (Wildman–Crippen LogP) is 1.31. The number of hydrogen-bond acceptors (Lipinski definition) is 3. The number of thioether (sulfide) groups is 1. The molecule has 88 valence electrons. The van der Waals surface area contributed by atoms with Gasteiger partial charge < -0.3 is 10.0 Å². The molecule has 4 nitrogen and oxygen atoms in total. The molecule has 1 N–H and O–H groups in total. The summed E-state index contributed by atoms with van der Waals surface area (Å²) in [7, 11) is 0. The summed E-state index contributed by atoms with van der Waals surface area (Å²) in [6, 6.07) is -0.583. The van der Waals surface area contributed by atoms with E-state index >= 15 is 0 Å². The molecule has 16 heavy (non-hydrogen) atoms. The predicted molar refractivity (Wildman–Crippen MR) is 60.0 cm³/mol. The van der Waals surface area contributed by atoms with Crippen LogP contribution in [-0.2, 0) is 9.59 Å². The van der Waals surface area contributed by atoms with Gasteiger partial charge in [0, 0.05) is 18.1 Å². The highest BCUT2D eigenvalue weighted by Gasteiger charge is 2.61. The Bertz CT molecular complexity index is 359. The lowest BCUT2D eigenvalue weighted by molar-refractivity contribution is -0.148. The highest BCUT2D eigenvalue weighted by atomic mass is 32.2. The van der Waals surface area contributed by atoms with E-state index in [9.17, 15) is 9.59 Å². The average Bonchev–Trinajstić information content (AvgIpc) is 2.73. The summed E-state index contributed by atoms with van der Waals surface area (Å²) in [5, 5.41) is 9.16. The molecular weight excluding hydrogens is 226 g/mol. The van der Waals surface area contributed by atoms with Crippen molar-refractivity contribution in [1.29, 1.82) is 0 Å². The van der Waals surface area contributed by atoms with Crippen LogP contribution in [0.2, 0.25) is 0 Å². The van der Waals surface area contributed by atoms with E-state index < -0.39 is 12.0 Å². The van der Waals surface area contributed by atoms with Gasteiger partial charge in [0.15, 0.2) is 0 Å². The Morgan fingerprint density at radius 1 is 1.50 bits per heavy atom. The Labute approximate surface area is 98.4 Å². The van der Waals surface area contributed by atoms with E-state index in [1.807, 2.05) is 0 Å². The number of carboxylic acids is 1. The fourth-order valence-electron chi connectivity index (χ4n) is 3.47. The maximum atomic E-state index is 12.0. The normalized spacial score (nSPS) is 42.0. The molecule has 0 aromatic carbocycles. The van der Waals surface area contributed by atoms with Gasteiger partial charge in [-0.05, 0) is 12.8 Å². The molecule has 5 heteroatoms. The lowest BCUT2D eigenvalue weighted by Crippen LogP contribution is -2.50. The van der Waals surface area contributed by atoms with Crippen LogP contribution < -0.4 is 0 Å². The van der Waals surface area contributed by atoms with E-state index in [2.05, 4.69) is 0 Å². The van der Waals surface area contributed by atoms with Gasteiger partial charge in [0.1, 0.15) is 6.04 Å². The molecule has 3 atom stereocenters. The van der Waals surface area contributed by atoms with Crippen LogP contribution in [0.25, 0.3) is 0 Å². The van der Waals surface area contributed by atoms with Crippen LogP contribution in [0.15, 0.2) is 0 Å². The lowest BCUT2D eigenvalue weighted by atomic mass is 9.84. The molecule has 1 spiro atoms. The van der Waals surface area contributed by atoms with Crippen molar-refractivity contribution in [1.82, 2.24) is 4.90 Å². The first-order valence-electron chi connectivity index (χ1n) is 5.84. The number of nitrogens with zero attached hydrogens (tertiary/aromatic N) is 1. The molecule has 0 unspecified atom stereocenters. The van der Waals surface area contributed by atoms with Gasteiger partial charge in [0.2, 0.25) is 5.91 Å². The summed E-state index contributed by atoms with van der Waals surface area (Å²) in [6.07, 6.45) is 4.95. The van der Waals surface area contributed by atoms with E-state index in [-0.39, 0.29) is 10.8 Å². The summed E-state index contributed by atoms with van der Waals surface area (Å²) in [6.45, 7) is 0. The molecule has 2 saturated heterocycles. The SMILES string of the molecule is O=C(O)[C@@H]1CS[C@@]23CCCC[C@H]2CC(=O)N13. The summed E-state index contributed by atoms with van der Waals surface area (Å²) < 4.78 is 0. The summed E-state index contributed by atoms with van der Waals surface area (Å²) in [5.74, 6) is 0.175. The second-order valence-corrected chi connectivity index (χ2v) is 6.25. The molecule has 1 amide bonds. The minimum Gasteiger partial charge on any atom is -0.480 e. The number of rotatable bonds is 1. The quantitative estimate of drug-likeness (QED) is 0.752. The third-order valence-corrected chi connectivity index (χ3v) is 5.88. The molecule has 0 radical (unpaired) electrons. The van der Waals surface area contributed by atoms with Crippen LogP contribution in [-0.4, -0.2) is 38.5 Å². The Kier molecular flexibility index (Phi) is 2.21. The van der Waals surface area contributed by atoms with Crippen LogP contribution in [0, 0.1) is 5.92 Å². The molecule has 0 aromatic rings. The molecule has 3 rings (SSSR count). The topological polar surface area (TPSA) is 57.6 Å². The Hall–Kier alpha value is -0.710. The number of carbonyl (C=O) groups is 2. The number of amides is 1. The Morgan fingerprint density at radius 2 is 2.31 bits per heavy atom. The summed E-state index contributed by atoms with van der Waals surface area (Å²) in [5.41, 5.74) is 0. The number of carbonyl (C=O) groups excluding carboxylic acids is 1. The Morgan fingerprint density at radius 3 is 3.06 bits per heavy atom. The first-order chi connectivity index (χ1) is 7.65. The van der Waals surface area contributed by atoms with E-state index in [0.29, 0.717) is 18.1 Å². The number of aliphatic carboxylic acids is 1. The smallest absolute Gasteiger partial charge is 0.327 e. The molecule has 1 saturated carbocycles.